The third-order valence-corrected chi connectivity index (χ3v) is 5.55. The molecule has 3 aromatic rings. The second-order valence-electron chi connectivity index (χ2n) is 7.21. The fourth-order valence-corrected chi connectivity index (χ4v) is 4.17. The Morgan fingerprint density at radius 1 is 1.14 bits per heavy atom. The standard InChI is InChI=1S/C22H22N2O4S/c1-29(26,27)24-20-8-3-2-7-18(20)15-9-10-19-21(13-15)28-14-16(22(19)25)12-17-6-4-5-11-23-17/h2-11,13,16,22,24-25H,12,14H2,1H3/t16-,22+/m0/s1. The summed E-state index contributed by atoms with van der Waals surface area (Å²) in [6.07, 6.45) is 2.84. The van der Waals surface area contributed by atoms with Gasteiger partial charge in [-0.25, -0.2) is 8.42 Å². The number of aromatic nitrogens is 1. The van der Waals surface area contributed by atoms with Gasteiger partial charge in [0.1, 0.15) is 5.75 Å². The van der Waals surface area contributed by atoms with Crippen LogP contribution < -0.4 is 9.46 Å². The summed E-state index contributed by atoms with van der Waals surface area (Å²) in [6.45, 7) is 0.386. The first kappa shape index (κ1) is 19.4. The number of pyridine rings is 1. The van der Waals surface area contributed by atoms with E-state index in [4.69, 9.17) is 4.74 Å². The highest BCUT2D eigenvalue weighted by molar-refractivity contribution is 7.92. The van der Waals surface area contributed by atoms with Crippen LogP contribution in [0.2, 0.25) is 0 Å². The van der Waals surface area contributed by atoms with E-state index in [9.17, 15) is 13.5 Å². The van der Waals surface area contributed by atoms with Gasteiger partial charge in [0.05, 0.1) is 24.7 Å². The molecule has 0 saturated heterocycles. The molecule has 1 aliphatic rings. The van der Waals surface area contributed by atoms with Crippen molar-refractivity contribution in [3.05, 3.63) is 78.1 Å². The van der Waals surface area contributed by atoms with Crippen LogP contribution in [0, 0.1) is 5.92 Å². The summed E-state index contributed by atoms with van der Waals surface area (Å²) in [7, 11) is -3.40. The molecule has 4 rings (SSSR count). The van der Waals surface area contributed by atoms with Crippen molar-refractivity contribution >= 4 is 15.7 Å². The van der Waals surface area contributed by atoms with Gasteiger partial charge >= 0.3 is 0 Å². The van der Waals surface area contributed by atoms with Crippen LogP contribution in [0.4, 0.5) is 5.69 Å². The first-order chi connectivity index (χ1) is 13.9. The number of aliphatic hydroxyl groups excluding tert-OH is 1. The zero-order valence-electron chi connectivity index (χ0n) is 15.9. The summed E-state index contributed by atoms with van der Waals surface area (Å²) in [5.41, 5.74) is 3.70. The first-order valence-electron chi connectivity index (χ1n) is 9.32. The molecule has 2 N–H and O–H groups in total. The molecular weight excluding hydrogens is 388 g/mol. The molecule has 0 fully saturated rings. The smallest absolute Gasteiger partial charge is 0.229 e. The zero-order chi connectivity index (χ0) is 20.4. The van der Waals surface area contributed by atoms with Crippen LogP contribution in [-0.4, -0.2) is 31.4 Å². The highest BCUT2D eigenvalue weighted by atomic mass is 32.2. The Hall–Kier alpha value is -2.90. The SMILES string of the molecule is CS(=O)(=O)Nc1ccccc1-c1ccc2c(c1)OC[C@H](Cc1ccccn1)[C@H]2O. The monoisotopic (exact) mass is 410 g/mol. The number of anilines is 1. The maximum Gasteiger partial charge on any atom is 0.229 e. The van der Waals surface area contributed by atoms with E-state index in [1.165, 1.54) is 0 Å². The summed E-state index contributed by atoms with van der Waals surface area (Å²) in [6, 6.07) is 18.5. The van der Waals surface area contributed by atoms with Gasteiger partial charge in [0.2, 0.25) is 10.0 Å². The van der Waals surface area contributed by atoms with Crippen LogP contribution in [0.1, 0.15) is 17.4 Å². The molecule has 0 saturated carbocycles. The van der Waals surface area contributed by atoms with Crippen molar-refractivity contribution in [2.45, 2.75) is 12.5 Å². The normalized spacial score (nSPS) is 18.6. The number of benzene rings is 2. The largest absolute Gasteiger partial charge is 0.493 e. The second kappa shape index (κ2) is 7.85. The average molecular weight is 410 g/mol. The third-order valence-electron chi connectivity index (χ3n) is 4.96. The number of rotatable bonds is 5. The van der Waals surface area contributed by atoms with Gasteiger partial charge in [-0.2, -0.15) is 0 Å². The van der Waals surface area contributed by atoms with Crippen LogP contribution in [0.15, 0.2) is 66.9 Å². The topological polar surface area (TPSA) is 88.5 Å². The van der Waals surface area contributed by atoms with Gasteiger partial charge < -0.3 is 9.84 Å². The molecule has 2 aromatic carbocycles. The lowest BCUT2D eigenvalue weighted by Crippen LogP contribution is -2.28. The Labute approximate surface area is 170 Å². The average Bonchev–Trinajstić information content (AvgIpc) is 2.70. The van der Waals surface area contributed by atoms with Crippen LogP contribution >= 0.6 is 0 Å². The van der Waals surface area contributed by atoms with Crippen molar-refractivity contribution in [2.75, 3.05) is 17.6 Å². The summed E-state index contributed by atoms with van der Waals surface area (Å²) >= 11 is 0. The Bertz CT molecular complexity index is 1120. The second-order valence-corrected chi connectivity index (χ2v) is 8.96. The molecule has 2 atom stereocenters. The fourth-order valence-electron chi connectivity index (χ4n) is 3.59. The Morgan fingerprint density at radius 2 is 1.93 bits per heavy atom. The van der Waals surface area contributed by atoms with Gasteiger partial charge in [-0.05, 0) is 36.2 Å². The summed E-state index contributed by atoms with van der Waals surface area (Å²) in [5.74, 6) is 0.531. The van der Waals surface area contributed by atoms with Crippen molar-refractivity contribution in [3.63, 3.8) is 0 Å². The maximum atomic E-state index is 11.7. The fraction of sp³-hybridized carbons (Fsp3) is 0.227. The number of sulfonamides is 1. The van der Waals surface area contributed by atoms with Gasteiger partial charge in [-0.3, -0.25) is 9.71 Å². The first-order valence-corrected chi connectivity index (χ1v) is 11.2. The van der Waals surface area contributed by atoms with Crippen LogP contribution in [-0.2, 0) is 16.4 Å². The number of ether oxygens (including phenoxy) is 1. The lowest BCUT2D eigenvalue weighted by molar-refractivity contribution is 0.0503. The predicted molar refractivity (Wildman–Crippen MR) is 112 cm³/mol. The minimum Gasteiger partial charge on any atom is -0.493 e. The van der Waals surface area contributed by atoms with E-state index < -0.39 is 16.1 Å². The van der Waals surface area contributed by atoms with Crippen molar-refractivity contribution in [1.29, 1.82) is 0 Å². The molecule has 6 nitrogen and oxygen atoms in total. The van der Waals surface area contributed by atoms with Gasteiger partial charge in [0, 0.05) is 28.9 Å². The lowest BCUT2D eigenvalue weighted by atomic mass is 9.88. The van der Waals surface area contributed by atoms with Crippen molar-refractivity contribution in [2.24, 2.45) is 5.92 Å². The lowest BCUT2D eigenvalue weighted by Gasteiger charge is -2.30. The molecule has 0 aliphatic carbocycles. The van der Waals surface area contributed by atoms with E-state index in [2.05, 4.69) is 9.71 Å². The van der Waals surface area contributed by atoms with Crippen LogP contribution in [0.25, 0.3) is 11.1 Å². The minimum atomic E-state index is -3.40. The van der Waals surface area contributed by atoms with E-state index in [0.29, 0.717) is 24.5 Å². The van der Waals surface area contributed by atoms with E-state index in [1.54, 1.807) is 18.3 Å². The van der Waals surface area contributed by atoms with Crippen molar-refractivity contribution < 1.29 is 18.3 Å². The zero-order valence-corrected chi connectivity index (χ0v) is 16.8. The number of hydrogen-bond donors (Lipinski definition) is 2. The number of nitrogens with one attached hydrogen (secondary N) is 1. The minimum absolute atomic E-state index is 0.0811. The Morgan fingerprint density at radius 3 is 2.69 bits per heavy atom. The number of hydrogen-bond acceptors (Lipinski definition) is 5. The summed E-state index contributed by atoms with van der Waals surface area (Å²) in [4.78, 5) is 4.33. The van der Waals surface area contributed by atoms with Crippen LogP contribution in [0.3, 0.4) is 0 Å². The molecule has 7 heteroatoms. The Kier molecular flexibility index (Phi) is 5.25. The Balaban J connectivity index is 1.61. The van der Waals surface area contributed by atoms with E-state index in [0.717, 1.165) is 28.6 Å². The summed E-state index contributed by atoms with van der Waals surface area (Å²) < 4.78 is 31.8. The maximum absolute atomic E-state index is 11.7. The van der Waals surface area contributed by atoms with Gasteiger partial charge in [0.15, 0.2) is 0 Å². The number of para-hydroxylation sites is 1. The van der Waals surface area contributed by atoms with Gasteiger partial charge in [-0.15, -0.1) is 0 Å². The molecule has 150 valence electrons. The van der Waals surface area contributed by atoms with E-state index >= 15 is 0 Å². The molecule has 0 unspecified atom stereocenters. The van der Waals surface area contributed by atoms with Gasteiger partial charge in [0.25, 0.3) is 0 Å². The summed E-state index contributed by atoms with van der Waals surface area (Å²) in [5, 5.41) is 10.9. The third kappa shape index (κ3) is 4.41. The molecule has 0 radical (unpaired) electrons. The molecule has 29 heavy (non-hydrogen) atoms. The molecular formula is C22H22N2O4S. The van der Waals surface area contributed by atoms with Gasteiger partial charge in [-0.1, -0.05) is 36.4 Å². The van der Waals surface area contributed by atoms with Crippen LogP contribution in [0.5, 0.6) is 5.75 Å². The van der Waals surface area contributed by atoms with E-state index in [1.807, 2.05) is 48.5 Å². The molecule has 1 aromatic heterocycles. The molecule has 0 amide bonds. The molecule has 0 spiro atoms. The van der Waals surface area contributed by atoms with Crippen molar-refractivity contribution in [1.82, 2.24) is 4.98 Å². The number of aliphatic hydroxyl groups is 1. The quantitative estimate of drug-likeness (QED) is 0.673. The molecule has 2 heterocycles. The van der Waals surface area contributed by atoms with Crippen molar-refractivity contribution in [3.8, 4) is 16.9 Å². The molecule has 1 aliphatic heterocycles. The molecule has 0 bridgehead atoms. The van der Waals surface area contributed by atoms with E-state index in [-0.39, 0.29) is 5.92 Å². The highest BCUT2D eigenvalue weighted by Gasteiger charge is 2.30. The number of fused-ring (bicyclic) bond motifs is 1. The predicted octanol–water partition coefficient (Wildman–Crippen LogP) is 3.40. The highest BCUT2D eigenvalue weighted by Crippen LogP contribution is 2.40. The number of nitrogens with zero attached hydrogens (tertiary/aromatic N) is 1.